The molecule has 3 rings (SSSR count). The molecule has 4 nitrogen and oxygen atoms in total. The largest absolute Gasteiger partial charge is 0.497 e. The van der Waals surface area contributed by atoms with Crippen LogP contribution in [-0.2, 0) is 12.8 Å². The summed E-state index contributed by atoms with van der Waals surface area (Å²) in [5.74, 6) is 0.733. The van der Waals surface area contributed by atoms with Gasteiger partial charge in [-0.05, 0) is 54.3 Å². The van der Waals surface area contributed by atoms with Crippen molar-refractivity contribution in [2.24, 2.45) is 0 Å². The number of methoxy groups -OCH3 is 1. The number of aromatic nitrogens is 1. The Morgan fingerprint density at radius 1 is 1.24 bits per heavy atom. The summed E-state index contributed by atoms with van der Waals surface area (Å²) in [4.78, 5) is 15.8. The first kappa shape index (κ1) is 17.4. The van der Waals surface area contributed by atoms with Crippen molar-refractivity contribution >= 4 is 28.4 Å². The lowest BCUT2D eigenvalue weighted by molar-refractivity contribution is 0.0949. The molecule has 0 bridgehead atoms. The number of benzene rings is 2. The number of aryl methyl sites for hydroxylation is 1. The second-order valence-electron chi connectivity index (χ2n) is 5.88. The third-order valence-corrected chi connectivity index (χ3v) is 4.52. The van der Waals surface area contributed by atoms with Gasteiger partial charge in [0.05, 0.1) is 7.11 Å². The van der Waals surface area contributed by atoms with Gasteiger partial charge >= 0.3 is 0 Å². The van der Waals surface area contributed by atoms with E-state index in [1.807, 2.05) is 49.4 Å². The summed E-state index contributed by atoms with van der Waals surface area (Å²) in [5.41, 5.74) is 3.67. The Morgan fingerprint density at radius 3 is 2.84 bits per heavy atom. The van der Waals surface area contributed by atoms with Crippen molar-refractivity contribution < 1.29 is 9.53 Å². The van der Waals surface area contributed by atoms with Crippen molar-refractivity contribution in [2.45, 2.75) is 19.8 Å². The standard InChI is InChI=1S/C20H21ClN2O2/c1-3-16-17-12-14(21)7-8-18(17)23-19(16)20(24)22-10-9-13-5-4-6-15(11-13)25-2/h4-8,11-12,23H,3,9-10H2,1-2H3,(H,22,24). The van der Waals surface area contributed by atoms with Crippen molar-refractivity contribution in [3.63, 3.8) is 0 Å². The summed E-state index contributed by atoms with van der Waals surface area (Å²) in [6, 6.07) is 13.5. The predicted octanol–water partition coefficient (Wildman–Crippen LogP) is 4.36. The minimum Gasteiger partial charge on any atom is -0.497 e. The molecule has 2 N–H and O–H groups in total. The van der Waals surface area contributed by atoms with E-state index >= 15 is 0 Å². The Labute approximate surface area is 152 Å². The summed E-state index contributed by atoms with van der Waals surface area (Å²) < 4.78 is 5.22. The smallest absolute Gasteiger partial charge is 0.268 e. The predicted molar refractivity (Wildman–Crippen MR) is 102 cm³/mol. The van der Waals surface area contributed by atoms with Gasteiger partial charge in [-0.1, -0.05) is 30.7 Å². The molecule has 0 spiro atoms. The van der Waals surface area contributed by atoms with Crippen LogP contribution in [0.2, 0.25) is 5.02 Å². The van der Waals surface area contributed by atoms with Crippen molar-refractivity contribution in [3.8, 4) is 5.75 Å². The van der Waals surface area contributed by atoms with Gasteiger partial charge < -0.3 is 15.0 Å². The summed E-state index contributed by atoms with van der Waals surface area (Å²) in [7, 11) is 1.65. The van der Waals surface area contributed by atoms with Crippen LogP contribution in [0.15, 0.2) is 42.5 Å². The lowest BCUT2D eigenvalue weighted by Gasteiger charge is -2.07. The fraction of sp³-hybridized carbons (Fsp3) is 0.250. The fourth-order valence-electron chi connectivity index (χ4n) is 3.02. The molecular formula is C20H21ClN2O2. The molecule has 5 heteroatoms. The third kappa shape index (κ3) is 3.80. The zero-order valence-electron chi connectivity index (χ0n) is 14.4. The number of hydrogen-bond donors (Lipinski definition) is 2. The minimum absolute atomic E-state index is 0.0907. The van der Waals surface area contributed by atoms with E-state index in [1.54, 1.807) is 7.11 Å². The van der Waals surface area contributed by atoms with E-state index in [0.717, 1.165) is 40.6 Å². The van der Waals surface area contributed by atoms with Gasteiger partial charge in [-0.25, -0.2) is 0 Å². The summed E-state index contributed by atoms with van der Waals surface area (Å²) in [6.45, 7) is 2.60. The number of aromatic amines is 1. The van der Waals surface area contributed by atoms with Gasteiger partial charge in [0.1, 0.15) is 11.4 Å². The SMILES string of the molecule is CCc1c(C(=O)NCCc2cccc(OC)c2)[nH]c2ccc(Cl)cc12. The Balaban J connectivity index is 1.71. The van der Waals surface area contributed by atoms with Crippen molar-refractivity contribution in [3.05, 3.63) is 64.3 Å². The Kier molecular flexibility index (Phi) is 5.29. The van der Waals surface area contributed by atoms with Crippen LogP contribution in [0, 0.1) is 0 Å². The number of rotatable bonds is 6. The van der Waals surface area contributed by atoms with Crippen molar-refractivity contribution in [1.82, 2.24) is 10.3 Å². The highest BCUT2D eigenvalue weighted by Gasteiger charge is 2.16. The van der Waals surface area contributed by atoms with E-state index in [9.17, 15) is 4.79 Å². The zero-order valence-corrected chi connectivity index (χ0v) is 15.1. The van der Waals surface area contributed by atoms with Crippen LogP contribution in [0.4, 0.5) is 0 Å². The molecular weight excluding hydrogens is 336 g/mol. The first-order chi connectivity index (χ1) is 12.1. The van der Waals surface area contributed by atoms with Crippen LogP contribution in [0.5, 0.6) is 5.75 Å². The Hall–Kier alpha value is -2.46. The second-order valence-corrected chi connectivity index (χ2v) is 6.32. The monoisotopic (exact) mass is 356 g/mol. The molecule has 1 amide bonds. The topological polar surface area (TPSA) is 54.1 Å². The van der Waals surface area contributed by atoms with Crippen LogP contribution in [0.3, 0.4) is 0 Å². The normalized spacial score (nSPS) is 10.8. The fourth-order valence-corrected chi connectivity index (χ4v) is 3.19. The number of nitrogens with one attached hydrogen (secondary N) is 2. The van der Waals surface area contributed by atoms with Crippen LogP contribution >= 0.6 is 11.6 Å². The lowest BCUT2D eigenvalue weighted by Crippen LogP contribution is -2.26. The summed E-state index contributed by atoms with van der Waals surface area (Å²) in [5, 5.41) is 4.67. The number of carbonyl (C=O) groups excluding carboxylic acids is 1. The third-order valence-electron chi connectivity index (χ3n) is 4.28. The molecule has 0 aliphatic rings. The molecule has 0 atom stereocenters. The Morgan fingerprint density at radius 2 is 2.08 bits per heavy atom. The number of halogens is 1. The number of fused-ring (bicyclic) bond motifs is 1. The van der Waals surface area contributed by atoms with E-state index in [-0.39, 0.29) is 5.91 Å². The van der Waals surface area contributed by atoms with Gasteiger partial charge in [-0.2, -0.15) is 0 Å². The van der Waals surface area contributed by atoms with Gasteiger partial charge in [0.25, 0.3) is 5.91 Å². The second kappa shape index (κ2) is 7.62. The van der Waals surface area contributed by atoms with Crippen molar-refractivity contribution in [2.75, 3.05) is 13.7 Å². The maximum atomic E-state index is 12.6. The number of carbonyl (C=O) groups is 1. The lowest BCUT2D eigenvalue weighted by atomic mass is 10.1. The molecule has 0 saturated heterocycles. The minimum atomic E-state index is -0.0907. The number of H-pyrrole nitrogens is 1. The van der Waals surface area contributed by atoms with E-state index in [1.165, 1.54) is 0 Å². The number of amides is 1. The van der Waals surface area contributed by atoms with Gasteiger partial charge in [-0.15, -0.1) is 0 Å². The summed E-state index contributed by atoms with van der Waals surface area (Å²) in [6.07, 6.45) is 1.51. The van der Waals surface area contributed by atoms with E-state index in [0.29, 0.717) is 17.3 Å². The first-order valence-corrected chi connectivity index (χ1v) is 8.71. The van der Waals surface area contributed by atoms with E-state index < -0.39 is 0 Å². The average molecular weight is 357 g/mol. The van der Waals surface area contributed by atoms with Crippen LogP contribution in [0.1, 0.15) is 28.5 Å². The highest BCUT2D eigenvalue weighted by atomic mass is 35.5. The van der Waals surface area contributed by atoms with Crippen LogP contribution < -0.4 is 10.1 Å². The summed E-state index contributed by atoms with van der Waals surface area (Å²) >= 11 is 6.09. The molecule has 25 heavy (non-hydrogen) atoms. The molecule has 0 aliphatic carbocycles. The molecule has 2 aromatic carbocycles. The molecule has 3 aromatic rings. The van der Waals surface area contributed by atoms with Gasteiger partial charge in [-0.3, -0.25) is 4.79 Å². The quantitative estimate of drug-likeness (QED) is 0.689. The average Bonchev–Trinajstić information content (AvgIpc) is 2.99. The van der Waals surface area contributed by atoms with E-state index in [4.69, 9.17) is 16.3 Å². The molecule has 0 radical (unpaired) electrons. The molecule has 1 aromatic heterocycles. The number of ether oxygens (including phenoxy) is 1. The van der Waals surface area contributed by atoms with Crippen molar-refractivity contribution in [1.29, 1.82) is 0 Å². The van der Waals surface area contributed by atoms with Gasteiger partial charge in [0, 0.05) is 22.5 Å². The first-order valence-electron chi connectivity index (χ1n) is 8.33. The Bertz CT molecular complexity index is 902. The molecule has 0 fully saturated rings. The maximum Gasteiger partial charge on any atom is 0.268 e. The van der Waals surface area contributed by atoms with E-state index in [2.05, 4.69) is 10.3 Å². The molecule has 0 aliphatic heterocycles. The van der Waals surface area contributed by atoms with Crippen LogP contribution in [0.25, 0.3) is 10.9 Å². The zero-order chi connectivity index (χ0) is 17.8. The molecule has 1 heterocycles. The van der Waals surface area contributed by atoms with Crippen LogP contribution in [-0.4, -0.2) is 24.5 Å². The molecule has 130 valence electrons. The highest BCUT2D eigenvalue weighted by molar-refractivity contribution is 6.31. The number of hydrogen-bond acceptors (Lipinski definition) is 2. The maximum absolute atomic E-state index is 12.6. The van der Waals surface area contributed by atoms with Gasteiger partial charge in [0.15, 0.2) is 0 Å². The van der Waals surface area contributed by atoms with Gasteiger partial charge in [0.2, 0.25) is 0 Å². The highest BCUT2D eigenvalue weighted by Crippen LogP contribution is 2.26. The molecule has 0 unspecified atom stereocenters. The molecule has 0 saturated carbocycles.